The molecule has 0 heterocycles. The molecule has 7 heteroatoms. The van der Waals surface area contributed by atoms with Crippen LogP contribution in [0.4, 0.5) is 5.69 Å². The summed E-state index contributed by atoms with van der Waals surface area (Å²) in [5.74, 6) is -0.911. The molecule has 0 aliphatic rings. The fourth-order valence-corrected chi connectivity index (χ4v) is 1.91. The Balaban J connectivity index is 2.53. The quantitative estimate of drug-likeness (QED) is 0.619. The van der Waals surface area contributed by atoms with Crippen molar-refractivity contribution in [2.75, 3.05) is 11.9 Å². The molecule has 0 aliphatic heterocycles. The van der Waals surface area contributed by atoms with Crippen LogP contribution in [0.2, 0.25) is 0 Å². The fourth-order valence-electron chi connectivity index (χ4n) is 1.91. The first-order valence-electron chi connectivity index (χ1n) is 8.25. The van der Waals surface area contributed by atoms with Crippen molar-refractivity contribution in [3.05, 3.63) is 29.8 Å². The highest BCUT2D eigenvalue weighted by molar-refractivity contribution is 5.97. The van der Waals surface area contributed by atoms with Gasteiger partial charge in [-0.3, -0.25) is 14.4 Å². The number of carbonyl (C=O) groups excluding carboxylic acids is 3. The van der Waals surface area contributed by atoms with Crippen LogP contribution in [0.5, 0.6) is 0 Å². The number of amides is 3. The summed E-state index contributed by atoms with van der Waals surface area (Å²) in [6.07, 6.45) is 0. The highest BCUT2D eigenvalue weighted by Crippen LogP contribution is 2.11. The van der Waals surface area contributed by atoms with Gasteiger partial charge in [-0.25, -0.2) is 0 Å². The van der Waals surface area contributed by atoms with Crippen LogP contribution < -0.4 is 21.7 Å². The van der Waals surface area contributed by atoms with Crippen molar-refractivity contribution in [1.82, 2.24) is 10.6 Å². The van der Waals surface area contributed by atoms with Gasteiger partial charge in [0.25, 0.3) is 5.91 Å². The van der Waals surface area contributed by atoms with Gasteiger partial charge in [-0.2, -0.15) is 0 Å². The normalized spacial score (nSPS) is 12.4. The maximum absolute atomic E-state index is 12.0. The van der Waals surface area contributed by atoms with Crippen molar-refractivity contribution in [2.45, 2.75) is 46.2 Å². The first-order valence-corrected chi connectivity index (χ1v) is 8.25. The van der Waals surface area contributed by atoms with Crippen molar-refractivity contribution < 1.29 is 14.4 Å². The summed E-state index contributed by atoms with van der Waals surface area (Å²) in [5.41, 5.74) is 6.43. The van der Waals surface area contributed by atoms with E-state index in [9.17, 15) is 14.4 Å². The van der Waals surface area contributed by atoms with Gasteiger partial charge in [0.1, 0.15) is 0 Å². The van der Waals surface area contributed by atoms with E-state index in [0.29, 0.717) is 11.3 Å². The number of benzene rings is 1. The first-order chi connectivity index (χ1) is 11.5. The molecule has 1 aromatic rings. The van der Waals surface area contributed by atoms with Gasteiger partial charge in [0.15, 0.2) is 0 Å². The number of hydrogen-bond acceptors (Lipinski definition) is 4. The minimum absolute atomic E-state index is 0.00477. The van der Waals surface area contributed by atoms with E-state index < -0.39 is 6.04 Å². The second kappa shape index (κ2) is 8.62. The largest absolute Gasteiger partial charge is 0.347 e. The summed E-state index contributed by atoms with van der Waals surface area (Å²) in [7, 11) is 0. The van der Waals surface area contributed by atoms with Crippen LogP contribution in [0.15, 0.2) is 24.3 Å². The van der Waals surface area contributed by atoms with Crippen LogP contribution in [0.3, 0.4) is 0 Å². The maximum Gasteiger partial charge on any atom is 0.251 e. The van der Waals surface area contributed by atoms with E-state index in [-0.39, 0.29) is 35.7 Å². The minimum Gasteiger partial charge on any atom is -0.347 e. The predicted octanol–water partition coefficient (Wildman–Crippen LogP) is 1.25. The van der Waals surface area contributed by atoms with E-state index in [0.717, 1.165) is 0 Å². The summed E-state index contributed by atoms with van der Waals surface area (Å²) in [6.45, 7) is 9.21. The predicted molar refractivity (Wildman–Crippen MR) is 98.1 cm³/mol. The van der Waals surface area contributed by atoms with Gasteiger partial charge < -0.3 is 21.7 Å². The van der Waals surface area contributed by atoms with Crippen LogP contribution >= 0.6 is 0 Å². The SMILES string of the molecule is CC(C)[C@H](N)C(=O)NCC(=O)Nc1ccc(C(=O)NC(C)(C)C)cc1. The van der Waals surface area contributed by atoms with E-state index in [1.54, 1.807) is 24.3 Å². The van der Waals surface area contributed by atoms with Crippen LogP contribution in [-0.2, 0) is 9.59 Å². The van der Waals surface area contributed by atoms with E-state index in [4.69, 9.17) is 5.73 Å². The van der Waals surface area contributed by atoms with Crippen LogP contribution in [0.1, 0.15) is 45.0 Å². The highest BCUT2D eigenvalue weighted by Gasteiger charge is 2.18. The molecule has 1 atom stereocenters. The van der Waals surface area contributed by atoms with E-state index in [1.165, 1.54) is 0 Å². The summed E-state index contributed by atoms with van der Waals surface area (Å²) in [4.78, 5) is 35.6. The van der Waals surface area contributed by atoms with Crippen LogP contribution in [-0.4, -0.2) is 35.8 Å². The Labute approximate surface area is 148 Å². The Morgan fingerprint density at radius 1 is 1.08 bits per heavy atom. The van der Waals surface area contributed by atoms with Crippen molar-refractivity contribution >= 4 is 23.4 Å². The second-order valence-electron chi connectivity index (χ2n) is 7.32. The van der Waals surface area contributed by atoms with Crippen molar-refractivity contribution in [3.8, 4) is 0 Å². The van der Waals surface area contributed by atoms with Crippen molar-refractivity contribution in [3.63, 3.8) is 0 Å². The van der Waals surface area contributed by atoms with E-state index >= 15 is 0 Å². The summed E-state index contributed by atoms with van der Waals surface area (Å²) in [6, 6.07) is 5.88. The Bertz CT molecular complexity index is 618. The fraction of sp³-hybridized carbons (Fsp3) is 0.500. The average Bonchev–Trinajstić information content (AvgIpc) is 2.50. The average molecular weight is 348 g/mol. The molecule has 0 aromatic heterocycles. The molecule has 1 aromatic carbocycles. The minimum atomic E-state index is -0.645. The lowest BCUT2D eigenvalue weighted by atomic mass is 10.1. The van der Waals surface area contributed by atoms with E-state index in [2.05, 4.69) is 16.0 Å². The lowest BCUT2D eigenvalue weighted by Crippen LogP contribution is -2.46. The maximum atomic E-state index is 12.0. The number of carbonyl (C=O) groups is 3. The number of rotatable bonds is 6. The van der Waals surface area contributed by atoms with Crippen molar-refractivity contribution in [1.29, 1.82) is 0 Å². The molecule has 1 rings (SSSR count). The Morgan fingerprint density at radius 3 is 2.12 bits per heavy atom. The molecule has 138 valence electrons. The van der Waals surface area contributed by atoms with Gasteiger partial charge in [-0.05, 0) is 51.0 Å². The third-order valence-electron chi connectivity index (χ3n) is 3.36. The Morgan fingerprint density at radius 2 is 1.64 bits per heavy atom. The van der Waals surface area contributed by atoms with Gasteiger partial charge in [0.05, 0.1) is 12.6 Å². The Kier molecular flexibility index (Phi) is 7.11. The van der Waals surface area contributed by atoms with Crippen LogP contribution in [0.25, 0.3) is 0 Å². The van der Waals surface area contributed by atoms with Gasteiger partial charge in [-0.15, -0.1) is 0 Å². The standard InChI is InChI=1S/C18H28N4O3/c1-11(2)15(19)17(25)20-10-14(23)21-13-8-6-12(7-9-13)16(24)22-18(3,4)5/h6-9,11,15H,10,19H2,1-5H3,(H,20,25)(H,21,23)(H,22,24)/t15-/m0/s1. The molecule has 0 bridgehead atoms. The van der Waals surface area contributed by atoms with E-state index in [1.807, 2.05) is 34.6 Å². The smallest absolute Gasteiger partial charge is 0.251 e. The van der Waals surface area contributed by atoms with Crippen molar-refractivity contribution in [2.24, 2.45) is 11.7 Å². The topological polar surface area (TPSA) is 113 Å². The van der Waals surface area contributed by atoms with Gasteiger partial charge in [-0.1, -0.05) is 13.8 Å². The third-order valence-corrected chi connectivity index (χ3v) is 3.36. The first kappa shape index (κ1) is 20.6. The number of nitrogens with two attached hydrogens (primary N) is 1. The zero-order valence-corrected chi connectivity index (χ0v) is 15.5. The molecule has 3 amide bonds. The summed E-state index contributed by atoms with van der Waals surface area (Å²) >= 11 is 0. The molecule has 0 spiro atoms. The Hall–Kier alpha value is -2.41. The molecule has 25 heavy (non-hydrogen) atoms. The molecule has 0 aliphatic carbocycles. The zero-order valence-electron chi connectivity index (χ0n) is 15.5. The van der Waals surface area contributed by atoms with Gasteiger partial charge in [0, 0.05) is 16.8 Å². The van der Waals surface area contributed by atoms with Crippen LogP contribution in [0, 0.1) is 5.92 Å². The molecule has 7 nitrogen and oxygen atoms in total. The van der Waals surface area contributed by atoms with Gasteiger partial charge >= 0.3 is 0 Å². The lowest BCUT2D eigenvalue weighted by molar-refractivity contribution is -0.125. The molecule has 0 saturated heterocycles. The molecular formula is C18H28N4O3. The molecular weight excluding hydrogens is 320 g/mol. The number of nitrogens with one attached hydrogen (secondary N) is 3. The molecule has 0 saturated carbocycles. The molecule has 0 radical (unpaired) electrons. The number of hydrogen-bond donors (Lipinski definition) is 4. The molecule has 0 unspecified atom stereocenters. The second-order valence-corrected chi connectivity index (χ2v) is 7.32. The number of anilines is 1. The monoisotopic (exact) mass is 348 g/mol. The zero-order chi connectivity index (χ0) is 19.2. The molecule has 5 N–H and O–H groups in total. The third kappa shape index (κ3) is 7.34. The van der Waals surface area contributed by atoms with Gasteiger partial charge in [0.2, 0.25) is 11.8 Å². The lowest BCUT2D eigenvalue weighted by Gasteiger charge is -2.20. The molecule has 0 fully saturated rings. The summed E-state index contributed by atoms with van der Waals surface area (Å²) < 4.78 is 0. The summed E-state index contributed by atoms with van der Waals surface area (Å²) in [5, 5.41) is 8.02. The highest BCUT2D eigenvalue weighted by atomic mass is 16.2.